The SMILES string of the molecule is CCC1(C)CCN(c2ncccc2C(N)=NO)CC1. The van der Waals surface area contributed by atoms with Crippen LogP contribution in [-0.2, 0) is 0 Å². The molecule has 0 aliphatic carbocycles. The van der Waals surface area contributed by atoms with Gasteiger partial charge in [0.25, 0.3) is 0 Å². The molecule has 1 aromatic rings. The lowest BCUT2D eigenvalue weighted by molar-refractivity contribution is 0.237. The summed E-state index contributed by atoms with van der Waals surface area (Å²) in [5, 5.41) is 11.9. The van der Waals surface area contributed by atoms with Crippen LogP contribution in [0, 0.1) is 5.41 Å². The summed E-state index contributed by atoms with van der Waals surface area (Å²) in [6.07, 6.45) is 5.25. The van der Waals surface area contributed by atoms with Gasteiger partial charge in [-0.3, -0.25) is 0 Å². The van der Waals surface area contributed by atoms with E-state index >= 15 is 0 Å². The fourth-order valence-corrected chi connectivity index (χ4v) is 2.51. The first kappa shape index (κ1) is 13.6. The van der Waals surface area contributed by atoms with Crippen molar-refractivity contribution in [2.75, 3.05) is 18.0 Å². The number of anilines is 1. The minimum Gasteiger partial charge on any atom is -0.409 e. The van der Waals surface area contributed by atoms with Gasteiger partial charge >= 0.3 is 0 Å². The lowest BCUT2D eigenvalue weighted by atomic mass is 9.78. The summed E-state index contributed by atoms with van der Waals surface area (Å²) in [7, 11) is 0. The van der Waals surface area contributed by atoms with Gasteiger partial charge in [-0.05, 0) is 30.4 Å². The molecule has 1 aliphatic rings. The average molecular weight is 262 g/mol. The lowest BCUT2D eigenvalue weighted by Gasteiger charge is -2.39. The van der Waals surface area contributed by atoms with Crippen molar-refractivity contribution < 1.29 is 5.21 Å². The van der Waals surface area contributed by atoms with Crippen LogP contribution in [0.2, 0.25) is 0 Å². The van der Waals surface area contributed by atoms with Crippen molar-refractivity contribution in [1.29, 1.82) is 0 Å². The molecule has 5 nitrogen and oxygen atoms in total. The summed E-state index contributed by atoms with van der Waals surface area (Å²) < 4.78 is 0. The molecule has 3 N–H and O–H groups in total. The van der Waals surface area contributed by atoms with Crippen molar-refractivity contribution in [3.8, 4) is 0 Å². The molecule has 2 rings (SSSR count). The summed E-state index contributed by atoms with van der Waals surface area (Å²) in [4.78, 5) is 6.63. The van der Waals surface area contributed by atoms with Gasteiger partial charge in [-0.2, -0.15) is 0 Å². The Morgan fingerprint density at radius 2 is 2.21 bits per heavy atom. The number of amidine groups is 1. The predicted octanol–water partition coefficient (Wildman–Crippen LogP) is 2.19. The molecule has 0 saturated carbocycles. The second-order valence-electron chi connectivity index (χ2n) is 5.51. The summed E-state index contributed by atoms with van der Waals surface area (Å²) in [6, 6.07) is 3.64. The average Bonchev–Trinajstić information content (AvgIpc) is 2.47. The summed E-state index contributed by atoms with van der Waals surface area (Å²) in [6.45, 7) is 6.52. The summed E-state index contributed by atoms with van der Waals surface area (Å²) in [5.74, 6) is 0.933. The maximum absolute atomic E-state index is 8.85. The summed E-state index contributed by atoms with van der Waals surface area (Å²) in [5.41, 5.74) is 6.85. The van der Waals surface area contributed by atoms with Gasteiger partial charge in [-0.25, -0.2) is 4.98 Å². The Labute approximate surface area is 114 Å². The minimum atomic E-state index is 0.118. The number of nitrogens with zero attached hydrogens (tertiary/aromatic N) is 3. The highest BCUT2D eigenvalue weighted by molar-refractivity contribution is 6.01. The van der Waals surface area contributed by atoms with Crippen LogP contribution in [0.15, 0.2) is 23.5 Å². The first-order valence-corrected chi connectivity index (χ1v) is 6.77. The van der Waals surface area contributed by atoms with Crippen LogP contribution in [0.4, 0.5) is 5.82 Å². The molecule has 0 radical (unpaired) electrons. The zero-order valence-electron chi connectivity index (χ0n) is 11.6. The highest BCUT2D eigenvalue weighted by Gasteiger charge is 2.29. The van der Waals surface area contributed by atoms with E-state index in [2.05, 4.69) is 28.9 Å². The highest BCUT2D eigenvalue weighted by Crippen LogP contribution is 2.35. The first-order valence-electron chi connectivity index (χ1n) is 6.77. The Balaban J connectivity index is 2.20. The van der Waals surface area contributed by atoms with Crippen LogP contribution in [0.3, 0.4) is 0 Å². The highest BCUT2D eigenvalue weighted by atomic mass is 16.4. The van der Waals surface area contributed by atoms with Gasteiger partial charge in [0.05, 0.1) is 5.56 Å². The van der Waals surface area contributed by atoms with Crippen molar-refractivity contribution in [1.82, 2.24) is 4.98 Å². The largest absolute Gasteiger partial charge is 0.409 e. The van der Waals surface area contributed by atoms with E-state index in [9.17, 15) is 0 Å². The van der Waals surface area contributed by atoms with E-state index in [0.29, 0.717) is 11.0 Å². The Hall–Kier alpha value is -1.78. The van der Waals surface area contributed by atoms with Crippen LogP contribution in [-0.4, -0.2) is 29.1 Å². The molecule has 0 amide bonds. The molecule has 0 atom stereocenters. The second kappa shape index (κ2) is 5.47. The third-order valence-electron chi connectivity index (χ3n) is 4.29. The van der Waals surface area contributed by atoms with Gasteiger partial charge in [0.1, 0.15) is 5.82 Å². The van der Waals surface area contributed by atoms with Gasteiger partial charge in [0.15, 0.2) is 5.84 Å². The molecule has 1 fully saturated rings. The molecule has 5 heteroatoms. The fraction of sp³-hybridized carbons (Fsp3) is 0.571. The van der Waals surface area contributed by atoms with E-state index in [4.69, 9.17) is 10.9 Å². The van der Waals surface area contributed by atoms with E-state index < -0.39 is 0 Å². The smallest absolute Gasteiger partial charge is 0.173 e. The van der Waals surface area contributed by atoms with Crippen LogP contribution in [0.5, 0.6) is 0 Å². The van der Waals surface area contributed by atoms with Gasteiger partial charge in [-0.1, -0.05) is 25.4 Å². The van der Waals surface area contributed by atoms with Gasteiger partial charge < -0.3 is 15.8 Å². The zero-order chi connectivity index (χ0) is 13.9. The zero-order valence-corrected chi connectivity index (χ0v) is 11.6. The molecule has 1 aliphatic heterocycles. The molecule has 1 aromatic heterocycles. The van der Waals surface area contributed by atoms with E-state index in [1.165, 1.54) is 6.42 Å². The number of hydrogen-bond acceptors (Lipinski definition) is 4. The first-order chi connectivity index (χ1) is 9.09. The maximum atomic E-state index is 8.85. The van der Waals surface area contributed by atoms with Crippen molar-refractivity contribution in [3.63, 3.8) is 0 Å². The Morgan fingerprint density at radius 3 is 2.79 bits per heavy atom. The normalized spacial score (nSPS) is 19.5. The molecular weight excluding hydrogens is 240 g/mol. The predicted molar refractivity (Wildman–Crippen MR) is 76.6 cm³/mol. The minimum absolute atomic E-state index is 0.118. The molecule has 0 spiro atoms. The van der Waals surface area contributed by atoms with Gasteiger partial charge in [0.2, 0.25) is 0 Å². The summed E-state index contributed by atoms with van der Waals surface area (Å²) >= 11 is 0. The molecule has 0 unspecified atom stereocenters. The van der Waals surface area contributed by atoms with Crippen molar-refractivity contribution in [2.24, 2.45) is 16.3 Å². The number of aromatic nitrogens is 1. The Bertz CT molecular complexity index is 464. The molecule has 1 saturated heterocycles. The molecule has 19 heavy (non-hydrogen) atoms. The van der Waals surface area contributed by atoms with E-state index in [0.717, 1.165) is 31.7 Å². The Morgan fingerprint density at radius 1 is 1.53 bits per heavy atom. The third kappa shape index (κ3) is 2.80. The number of pyridine rings is 1. The molecule has 0 aromatic carbocycles. The number of nitrogens with two attached hydrogens (primary N) is 1. The van der Waals surface area contributed by atoms with Crippen molar-refractivity contribution in [3.05, 3.63) is 23.9 Å². The van der Waals surface area contributed by atoms with Crippen LogP contribution in [0.1, 0.15) is 38.7 Å². The number of rotatable bonds is 3. The quantitative estimate of drug-likeness (QED) is 0.379. The number of hydrogen-bond donors (Lipinski definition) is 2. The van der Waals surface area contributed by atoms with Crippen molar-refractivity contribution in [2.45, 2.75) is 33.1 Å². The van der Waals surface area contributed by atoms with Crippen LogP contribution < -0.4 is 10.6 Å². The van der Waals surface area contributed by atoms with E-state index in [1.54, 1.807) is 12.3 Å². The van der Waals surface area contributed by atoms with Crippen LogP contribution in [0.25, 0.3) is 0 Å². The second-order valence-corrected chi connectivity index (χ2v) is 5.51. The topological polar surface area (TPSA) is 74.7 Å². The molecule has 0 bridgehead atoms. The standard InChI is InChI=1S/C14H22N4O/c1-3-14(2)6-9-18(10-7-14)13-11(12(15)17-19)5-4-8-16-13/h4-5,8,19H,3,6-7,9-10H2,1-2H3,(H2,15,17). The number of oxime groups is 1. The monoisotopic (exact) mass is 262 g/mol. The molecular formula is C14H22N4O. The maximum Gasteiger partial charge on any atom is 0.173 e. The Kier molecular flexibility index (Phi) is 3.93. The molecule has 104 valence electrons. The fourth-order valence-electron chi connectivity index (χ4n) is 2.51. The van der Waals surface area contributed by atoms with Crippen molar-refractivity contribution >= 4 is 11.7 Å². The molecule has 2 heterocycles. The van der Waals surface area contributed by atoms with Gasteiger partial charge in [-0.15, -0.1) is 0 Å². The van der Waals surface area contributed by atoms with E-state index in [1.807, 2.05) is 6.07 Å². The number of piperidine rings is 1. The van der Waals surface area contributed by atoms with Crippen LogP contribution >= 0.6 is 0 Å². The third-order valence-corrected chi connectivity index (χ3v) is 4.29. The lowest BCUT2D eigenvalue weighted by Crippen LogP contribution is -2.39. The van der Waals surface area contributed by atoms with E-state index in [-0.39, 0.29) is 5.84 Å². The van der Waals surface area contributed by atoms with Gasteiger partial charge in [0, 0.05) is 19.3 Å².